The van der Waals surface area contributed by atoms with Crippen molar-refractivity contribution in [2.75, 3.05) is 12.3 Å². The van der Waals surface area contributed by atoms with E-state index < -0.39 is 29.8 Å². The fourth-order valence-corrected chi connectivity index (χ4v) is 1.62. The third-order valence-corrected chi connectivity index (χ3v) is 2.63. The van der Waals surface area contributed by atoms with Crippen molar-refractivity contribution in [3.63, 3.8) is 0 Å². The summed E-state index contributed by atoms with van der Waals surface area (Å²) >= 11 is 0. The molecule has 1 aromatic carbocycles. The molecule has 0 aliphatic rings. The number of aliphatic carboxylic acids is 1. The van der Waals surface area contributed by atoms with Crippen LogP contribution in [0.3, 0.4) is 0 Å². The number of para-hydroxylation sites is 1. The van der Waals surface area contributed by atoms with E-state index in [1.54, 1.807) is 20.8 Å². The Balaban J connectivity index is 3.20. The second-order valence-electron chi connectivity index (χ2n) is 5.16. The number of carboxylic acid groups (broad SMARTS) is 1. The molecule has 0 aromatic heterocycles. The zero-order valence-corrected chi connectivity index (χ0v) is 11.1. The second-order valence-corrected chi connectivity index (χ2v) is 5.16. The van der Waals surface area contributed by atoms with Gasteiger partial charge in [0.15, 0.2) is 0 Å². The third kappa shape index (κ3) is 3.43. The first kappa shape index (κ1) is 14.9. The number of anilines is 1. The van der Waals surface area contributed by atoms with Crippen molar-refractivity contribution in [3.05, 3.63) is 29.6 Å². The highest BCUT2D eigenvalue weighted by atomic mass is 19.1. The lowest BCUT2D eigenvalue weighted by Crippen LogP contribution is -2.48. The van der Waals surface area contributed by atoms with Gasteiger partial charge in [-0.05, 0) is 32.9 Å². The minimum Gasteiger partial charge on any atom is -0.480 e. The minimum atomic E-state index is -1.14. The highest BCUT2D eigenvalue weighted by Gasteiger charge is 2.30. The molecule has 1 amide bonds. The molecule has 0 fully saturated rings. The molecule has 104 valence electrons. The van der Waals surface area contributed by atoms with Crippen molar-refractivity contribution in [2.24, 2.45) is 0 Å². The number of hydrogen-bond donors (Lipinski definition) is 2. The Bertz CT molecular complexity index is 509. The normalized spacial score (nSPS) is 11.2. The van der Waals surface area contributed by atoms with Gasteiger partial charge in [-0.2, -0.15) is 0 Å². The summed E-state index contributed by atoms with van der Waals surface area (Å²) in [5.41, 5.74) is 4.51. The van der Waals surface area contributed by atoms with Crippen LogP contribution in [0.25, 0.3) is 0 Å². The zero-order valence-electron chi connectivity index (χ0n) is 11.1. The number of benzene rings is 1. The number of rotatable bonds is 3. The van der Waals surface area contributed by atoms with Crippen LogP contribution in [-0.4, -0.2) is 34.0 Å². The van der Waals surface area contributed by atoms with Gasteiger partial charge < -0.3 is 15.7 Å². The lowest BCUT2D eigenvalue weighted by molar-refractivity contribution is -0.138. The first-order chi connectivity index (χ1) is 8.64. The Morgan fingerprint density at radius 2 is 1.95 bits per heavy atom. The van der Waals surface area contributed by atoms with E-state index in [4.69, 9.17) is 10.8 Å². The molecule has 0 aliphatic heterocycles. The highest BCUT2D eigenvalue weighted by Crippen LogP contribution is 2.22. The van der Waals surface area contributed by atoms with Crippen LogP contribution < -0.4 is 5.73 Å². The average Bonchev–Trinajstić information content (AvgIpc) is 2.27. The number of nitrogens with two attached hydrogens (primary N) is 1. The van der Waals surface area contributed by atoms with Gasteiger partial charge in [-0.3, -0.25) is 9.59 Å². The Kier molecular flexibility index (Phi) is 4.14. The summed E-state index contributed by atoms with van der Waals surface area (Å²) in [7, 11) is 0. The fraction of sp³-hybridized carbons (Fsp3) is 0.385. The summed E-state index contributed by atoms with van der Waals surface area (Å²) in [5.74, 6) is -2.44. The molecule has 0 bridgehead atoms. The third-order valence-electron chi connectivity index (χ3n) is 2.63. The average molecular weight is 268 g/mol. The molecule has 19 heavy (non-hydrogen) atoms. The Hall–Kier alpha value is -2.11. The molecule has 5 nitrogen and oxygen atoms in total. The van der Waals surface area contributed by atoms with E-state index in [1.807, 2.05) is 0 Å². The Labute approximate surface area is 110 Å². The number of carbonyl (C=O) groups is 2. The summed E-state index contributed by atoms with van der Waals surface area (Å²) in [6.07, 6.45) is 0. The SMILES string of the molecule is CC(C)(C)N(CC(=O)O)C(=O)c1cccc(F)c1N. The smallest absolute Gasteiger partial charge is 0.323 e. The highest BCUT2D eigenvalue weighted by molar-refractivity contribution is 6.00. The fourth-order valence-electron chi connectivity index (χ4n) is 1.62. The second kappa shape index (κ2) is 5.26. The molecule has 0 atom stereocenters. The zero-order chi connectivity index (χ0) is 14.8. The Morgan fingerprint density at radius 3 is 2.42 bits per heavy atom. The quantitative estimate of drug-likeness (QED) is 0.818. The van der Waals surface area contributed by atoms with Gasteiger partial charge in [0.05, 0.1) is 11.3 Å². The van der Waals surface area contributed by atoms with Gasteiger partial charge in [0.2, 0.25) is 0 Å². The van der Waals surface area contributed by atoms with Gasteiger partial charge in [0, 0.05) is 5.54 Å². The topological polar surface area (TPSA) is 83.6 Å². The molecule has 0 saturated carbocycles. The van der Waals surface area contributed by atoms with Gasteiger partial charge in [0.25, 0.3) is 5.91 Å². The number of nitrogen functional groups attached to an aromatic ring is 1. The van der Waals surface area contributed by atoms with Gasteiger partial charge >= 0.3 is 5.97 Å². The van der Waals surface area contributed by atoms with E-state index in [1.165, 1.54) is 12.1 Å². The van der Waals surface area contributed by atoms with Crippen LogP contribution in [0.15, 0.2) is 18.2 Å². The van der Waals surface area contributed by atoms with Gasteiger partial charge in [-0.1, -0.05) is 6.07 Å². The molecule has 1 aromatic rings. The minimum absolute atomic E-state index is 0.0313. The maximum atomic E-state index is 13.3. The lowest BCUT2D eigenvalue weighted by atomic mass is 10.0. The standard InChI is InChI=1S/C13H17FN2O3/c1-13(2,3)16(7-10(17)18)12(19)8-5-4-6-9(14)11(8)15/h4-6H,7,15H2,1-3H3,(H,17,18). The largest absolute Gasteiger partial charge is 0.480 e. The maximum absolute atomic E-state index is 13.3. The molecular formula is C13H17FN2O3. The van der Waals surface area contributed by atoms with Crippen molar-refractivity contribution in [1.82, 2.24) is 4.90 Å². The first-order valence-corrected chi connectivity index (χ1v) is 5.72. The van der Waals surface area contributed by atoms with E-state index in [0.717, 1.165) is 11.0 Å². The van der Waals surface area contributed by atoms with Crippen molar-refractivity contribution >= 4 is 17.6 Å². The number of nitrogens with zero attached hydrogens (tertiary/aromatic N) is 1. The number of halogens is 1. The number of carboxylic acids is 1. The molecule has 6 heteroatoms. The van der Waals surface area contributed by atoms with Crippen LogP contribution >= 0.6 is 0 Å². The molecule has 0 aliphatic carbocycles. The summed E-state index contributed by atoms with van der Waals surface area (Å²) in [6, 6.07) is 3.88. The summed E-state index contributed by atoms with van der Waals surface area (Å²) in [5, 5.41) is 8.87. The number of amides is 1. The van der Waals surface area contributed by atoms with Crippen molar-refractivity contribution in [3.8, 4) is 0 Å². The number of carbonyl (C=O) groups excluding carboxylic acids is 1. The van der Waals surface area contributed by atoms with E-state index in [9.17, 15) is 14.0 Å². The van der Waals surface area contributed by atoms with Crippen LogP contribution in [0.1, 0.15) is 31.1 Å². The lowest BCUT2D eigenvalue weighted by Gasteiger charge is -2.34. The molecule has 0 spiro atoms. The van der Waals surface area contributed by atoms with E-state index in [2.05, 4.69) is 0 Å². The van der Waals surface area contributed by atoms with Crippen molar-refractivity contribution < 1.29 is 19.1 Å². The molecule has 1 rings (SSSR count). The van der Waals surface area contributed by atoms with Crippen LogP contribution in [0, 0.1) is 5.82 Å². The molecule has 0 saturated heterocycles. The molecule has 0 unspecified atom stereocenters. The number of hydrogen-bond acceptors (Lipinski definition) is 3. The Morgan fingerprint density at radius 1 is 1.37 bits per heavy atom. The van der Waals surface area contributed by atoms with Crippen LogP contribution in [0.5, 0.6) is 0 Å². The van der Waals surface area contributed by atoms with Crippen molar-refractivity contribution in [1.29, 1.82) is 0 Å². The van der Waals surface area contributed by atoms with E-state index >= 15 is 0 Å². The summed E-state index contributed by atoms with van der Waals surface area (Å²) in [4.78, 5) is 24.3. The van der Waals surface area contributed by atoms with Gasteiger partial charge in [-0.25, -0.2) is 4.39 Å². The van der Waals surface area contributed by atoms with E-state index in [0.29, 0.717) is 0 Å². The van der Waals surface area contributed by atoms with Crippen LogP contribution in [-0.2, 0) is 4.79 Å². The molecule has 0 heterocycles. The monoisotopic (exact) mass is 268 g/mol. The van der Waals surface area contributed by atoms with E-state index in [-0.39, 0.29) is 11.3 Å². The van der Waals surface area contributed by atoms with Gasteiger partial charge in [0.1, 0.15) is 12.4 Å². The molecule has 3 N–H and O–H groups in total. The summed E-state index contributed by atoms with van der Waals surface area (Å²) in [6.45, 7) is 4.62. The van der Waals surface area contributed by atoms with Crippen LogP contribution in [0.4, 0.5) is 10.1 Å². The predicted octanol–water partition coefficient (Wildman–Crippen LogP) is 1.73. The predicted molar refractivity (Wildman–Crippen MR) is 69.2 cm³/mol. The van der Waals surface area contributed by atoms with Gasteiger partial charge in [-0.15, -0.1) is 0 Å². The first-order valence-electron chi connectivity index (χ1n) is 5.72. The maximum Gasteiger partial charge on any atom is 0.323 e. The van der Waals surface area contributed by atoms with Crippen LogP contribution in [0.2, 0.25) is 0 Å². The van der Waals surface area contributed by atoms with Crippen molar-refractivity contribution in [2.45, 2.75) is 26.3 Å². The molecular weight excluding hydrogens is 251 g/mol. The summed E-state index contributed by atoms with van der Waals surface area (Å²) < 4.78 is 13.3. The molecule has 0 radical (unpaired) electrons.